The lowest BCUT2D eigenvalue weighted by atomic mass is 9.51. The monoisotopic (exact) mass is 1280 g/mol. The Morgan fingerprint density at radius 2 is 1.69 bits per heavy atom. The van der Waals surface area contributed by atoms with Gasteiger partial charge in [0.2, 0.25) is 5.91 Å². The molecule has 6 fully saturated rings. The van der Waals surface area contributed by atoms with Gasteiger partial charge in [-0.1, -0.05) is 83.5 Å². The third kappa shape index (κ3) is 14.3. The number of benzene rings is 2. The summed E-state index contributed by atoms with van der Waals surface area (Å²) in [5.41, 5.74) is -0.373. The van der Waals surface area contributed by atoms with Crippen molar-refractivity contribution in [2.24, 2.45) is 52.3 Å². The summed E-state index contributed by atoms with van der Waals surface area (Å²) >= 11 is 0. The van der Waals surface area contributed by atoms with E-state index in [-0.39, 0.29) is 83.3 Å². The van der Waals surface area contributed by atoms with E-state index in [4.69, 9.17) is 14.2 Å². The fourth-order valence-corrected chi connectivity index (χ4v) is 22.2. The summed E-state index contributed by atoms with van der Waals surface area (Å²) in [6.45, 7) is 9.81. The van der Waals surface area contributed by atoms with Gasteiger partial charge in [-0.3, -0.25) is 14.5 Å². The maximum atomic E-state index is 16.0. The number of hydrogen-bond acceptors (Lipinski definition) is 17. The zero-order chi connectivity index (χ0) is 62.6. The van der Waals surface area contributed by atoms with Crippen LogP contribution in [0.1, 0.15) is 177 Å². The predicted octanol–water partition coefficient (Wildman–Crippen LogP) is 9.05. The molecule has 5 heterocycles. The van der Waals surface area contributed by atoms with Crippen molar-refractivity contribution in [3.05, 3.63) is 65.2 Å². The second-order valence-electron chi connectivity index (χ2n) is 29.7. The molecule has 2 saturated carbocycles. The van der Waals surface area contributed by atoms with Crippen LogP contribution in [0.15, 0.2) is 48.6 Å². The molecule has 18 heteroatoms. The Labute approximate surface area is 542 Å². The van der Waals surface area contributed by atoms with E-state index in [1.165, 1.54) is 6.92 Å². The molecule has 494 valence electrons. The Balaban J connectivity index is 0.914. The first-order chi connectivity index (χ1) is 43.6. The van der Waals surface area contributed by atoms with Crippen molar-refractivity contribution in [1.82, 2.24) is 26.2 Å². The maximum Gasteiger partial charge on any atom is 0.332 e. The number of amides is 1. The van der Waals surface area contributed by atoms with Crippen LogP contribution in [0, 0.1) is 64.1 Å². The number of aromatic hydroxyl groups is 2. The molecule has 5 aliphatic carbocycles. The van der Waals surface area contributed by atoms with Crippen LogP contribution in [-0.4, -0.2) is 160 Å². The van der Waals surface area contributed by atoms with Crippen LogP contribution in [0.25, 0.3) is 0 Å². The molecule has 16 nitrogen and oxygen atoms in total. The average molecular weight is 1280 g/mol. The number of phenols is 2. The summed E-state index contributed by atoms with van der Waals surface area (Å²) in [7, 11) is 3.30. The molecule has 1 spiro atoms. The number of fused-ring (bicyclic) bond motifs is 5. The minimum absolute atomic E-state index is 0.0252. The van der Waals surface area contributed by atoms with E-state index in [1.54, 1.807) is 39.8 Å². The van der Waals surface area contributed by atoms with Gasteiger partial charge in [-0.25, -0.2) is 4.79 Å². The Morgan fingerprint density at radius 1 is 0.911 bits per heavy atom. The molecule has 9 N–H and O–H groups in total. The molecule has 0 radical (unpaired) electrons. The first-order valence-electron chi connectivity index (χ1n) is 34.8. The third-order valence-electron chi connectivity index (χ3n) is 24.0. The van der Waals surface area contributed by atoms with E-state index in [0.29, 0.717) is 120 Å². The number of nitrogens with zero attached hydrogens (tertiary/aromatic N) is 1. The third-order valence-corrected chi connectivity index (χ3v) is 26.6. The first-order valence-corrected chi connectivity index (χ1v) is 37.3. The molecule has 5 aliphatic heterocycles. The number of carbonyl (C=O) groups excluding carboxylic acids is 3. The normalized spacial score (nSPS) is 36.5. The Hall–Kier alpha value is -4.03. The molecule has 1 amide bonds. The topological polar surface area (TPSA) is 231 Å². The number of phenolic OH excluding ortho intramolecular Hbond substituents is 2. The number of rotatable bonds is 13. The van der Waals surface area contributed by atoms with Crippen molar-refractivity contribution in [2.45, 2.75) is 208 Å². The molecule has 10 aliphatic rings. The lowest BCUT2D eigenvalue weighted by molar-refractivity contribution is -0.183. The minimum atomic E-state index is -1.21. The number of piperidine rings is 2. The fourth-order valence-electron chi connectivity index (χ4n) is 19.4. The average Bonchev–Trinajstić information content (AvgIpc) is 0.807. The number of esters is 2. The molecule has 0 unspecified atom stereocenters. The Kier molecular flexibility index (Phi) is 21.2. The van der Waals surface area contributed by atoms with Gasteiger partial charge in [-0.2, -0.15) is 0 Å². The van der Waals surface area contributed by atoms with Crippen molar-refractivity contribution < 1.29 is 54.1 Å². The largest absolute Gasteiger partial charge is 0.508 e. The Bertz CT molecular complexity index is 2900. The molecule has 2 aromatic carbocycles. The van der Waals surface area contributed by atoms with Gasteiger partial charge in [0, 0.05) is 123 Å². The van der Waals surface area contributed by atoms with Crippen molar-refractivity contribution >= 4 is 39.4 Å². The summed E-state index contributed by atoms with van der Waals surface area (Å²) < 4.78 is 21.0. The molecule has 12 rings (SSSR count). The first kappa shape index (κ1) is 66.0. The van der Waals surface area contributed by atoms with Crippen LogP contribution >= 0.6 is 21.6 Å². The molecule has 4 saturated heterocycles. The van der Waals surface area contributed by atoms with Crippen LogP contribution in [0.2, 0.25) is 0 Å². The molecule has 2 aromatic rings. The minimum Gasteiger partial charge on any atom is -0.508 e. The molecule has 0 aromatic heterocycles. The number of allylic oxidation sites excluding steroid dienone is 1. The summed E-state index contributed by atoms with van der Waals surface area (Å²) in [4.78, 5) is 46.3. The summed E-state index contributed by atoms with van der Waals surface area (Å²) in [5.74, 6) is 7.79. The highest BCUT2D eigenvalue weighted by atomic mass is 33.1. The second-order valence-corrected chi connectivity index (χ2v) is 32.2. The SMILES string of the molecule is CC(=O)O[C@H]1C[C@@H](OC(=O)[C@@]23CCCC[C@@H]2CCC(=O)N3)C2(CCNCC2)[C@H]2c3ccc(O)c4c3[C@H](C[C@@H]2C#CC[C@H]2C[C@@](C)(O)CSSC[C@H](NC[C@@H](Cc3ccc(O)cc3)C[C@@H]3CC=C[C@H](N5CCNCC5)C3)[C@H](O)CC[C@H]21)[C@H](C1(CO)CCCC1)CO4. The number of piperazine rings is 1. The van der Waals surface area contributed by atoms with E-state index < -0.39 is 52.7 Å². The summed E-state index contributed by atoms with van der Waals surface area (Å²) in [5, 5.41) is 73.4. The highest BCUT2D eigenvalue weighted by Crippen LogP contribution is 2.65. The van der Waals surface area contributed by atoms with Crippen molar-refractivity contribution in [3.8, 4) is 29.1 Å². The van der Waals surface area contributed by atoms with Gasteiger partial charge < -0.3 is 61.0 Å². The van der Waals surface area contributed by atoms with Gasteiger partial charge in [0.05, 0.1) is 18.3 Å². The molecule has 16 atom stereocenters. The van der Waals surface area contributed by atoms with Crippen molar-refractivity contribution in [3.63, 3.8) is 0 Å². The molecular weight excluding hydrogens is 1170 g/mol. The van der Waals surface area contributed by atoms with Crippen LogP contribution in [0.4, 0.5) is 0 Å². The lowest BCUT2D eigenvalue weighted by Crippen LogP contribution is -2.65. The van der Waals surface area contributed by atoms with E-state index in [9.17, 15) is 35.1 Å². The number of ether oxygens (including phenoxy) is 3. The van der Waals surface area contributed by atoms with Crippen LogP contribution in [0.5, 0.6) is 17.2 Å². The molecule has 0 bridgehead atoms. The van der Waals surface area contributed by atoms with E-state index in [0.717, 1.165) is 113 Å². The van der Waals surface area contributed by atoms with Gasteiger partial charge >= 0.3 is 11.9 Å². The van der Waals surface area contributed by atoms with Gasteiger partial charge in [0.1, 0.15) is 23.5 Å². The molecule has 90 heavy (non-hydrogen) atoms. The smallest absolute Gasteiger partial charge is 0.332 e. The van der Waals surface area contributed by atoms with Crippen molar-refractivity contribution in [2.75, 3.05) is 70.5 Å². The fraction of sp³-hybridized carbons (Fsp3) is 0.736. The number of aliphatic hydroxyl groups is 3. The van der Waals surface area contributed by atoms with Crippen molar-refractivity contribution in [1.29, 1.82) is 0 Å². The quantitative estimate of drug-likeness (QED) is 0.0394. The number of nitrogens with one attached hydrogen (secondary N) is 4. The zero-order valence-electron chi connectivity index (χ0n) is 53.5. The lowest BCUT2D eigenvalue weighted by Gasteiger charge is -2.56. The maximum absolute atomic E-state index is 16.0. The zero-order valence-corrected chi connectivity index (χ0v) is 55.1. The van der Waals surface area contributed by atoms with Crippen LogP contribution in [0.3, 0.4) is 0 Å². The summed E-state index contributed by atoms with van der Waals surface area (Å²) in [6, 6.07) is 11.5. The van der Waals surface area contributed by atoms with Gasteiger partial charge in [-0.15, -0.1) is 5.92 Å². The molecular formula is C72H103N5O11S2. The highest BCUT2D eigenvalue weighted by molar-refractivity contribution is 8.76. The van der Waals surface area contributed by atoms with Crippen LogP contribution < -0.4 is 26.0 Å². The second kappa shape index (κ2) is 28.9. The van der Waals surface area contributed by atoms with Gasteiger partial charge in [0.25, 0.3) is 0 Å². The van der Waals surface area contributed by atoms with E-state index >= 15 is 4.79 Å². The highest BCUT2D eigenvalue weighted by Gasteiger charge is 2.61. The number of hydrogen-bond donors (Lipinski definition) is 9. The number of carbonyl (C=O) groups is 3. The van der Waals surface area contributed by atoms with Gasteiger partial charge in [0.15, 0.2) is 11.5 Å². The standard InChI is InChI=1S/C72H103N5O11S2/c1-46(79)87-62-39-63(88-68(84)72-26-4-3-12-52(72)16-23-64(83)76-72)71(27-29-73-30-28-71)66-50(38-57-58(70(44-78)24-5-6-25-70)42-86-67-61(82)22-20-56(66)65(57)67)10-8-11-51-40-69(2,85)45-90-89-43-59(60(81)21-19-55(51)62)75-41-49(35-47-14-17-54(80)18-15-47)36-48-9-7-13-53(37-48)77-33-31-74-32-34-77/h7,13-15,17-18,20,22,48-53,55,57-60,62-63,66,73-75,78,80-82,85H,3-6,9,11-12,16,19,21,23-45H2,1-2H3,(H,76,83)/t48-,49-,50-,51-,52+,53-,55+,57+,58+,59-,60+,62-,63+,66+,69+,72+/m0/s1. The van der Waals surface area contributed by atoms with Crippen LogP contribution in [-0.2, 0) is 30.3 Å². The number of aliphatic hydroxyl groups excluding tert-OH is 2. The van der Waals surface area contributed by atoms with Gasteiger partial charge in [-0.05, 0) is 182 Å². The van der Waals surface area contributed by atoms with E-state index in [1.807, 2.05) is 19.1 Å². The Morgan fingerprint density at radius 3 is 2.47 bits per heavy atom. The van der Waals surface area contributed by atoms with E-state index in [2.05, 4.69) is 56.2 Å². The predicted molar refractivity (Wildman–Crippen MR) is 352 cm³/mol. The summed E-state index contributed by atoms with van der Waals surface area (Å²) in [6.07, 6.45) is 17.6.